The van der Waals surface area contributed by atoms with Crippen molar-refractivity contribution in [3.63, 3.8) is 0 Å². The van der Waals surface area contributed by atoms with Crippen molar-refractivity contribution < 1.29 is 13.2 Å². The third-order valence-corrected chi connectivity index (χ3v) is 8.55. The van der Waals surface area contributed by atoms with Crippen molar-refractivity contribution >= 4 is 43.5 Å². The molecule has 1 atom stereocenters. The molecule has 34 heavy (non-hydrogen) atoms. The van der Waals surface area contributed by atoms with Gasteiger partial charge in [0.15, 0.2) is 5.78 Å². The van der Waals surface area contributed by atoms with Crippen molar-refractivity contribution in [2.24, 2.45) is 0 Å². The fourth-order valence-corrected chi connectivity index (χ4v) is 6.36. The van der Waals surface area contributed by atoms with Crippen LogP contribution in [-0.4, -0.2) is 14.2 Å². The van der Waals surface area contributed by atoms with E-state index in [2.05, 4.69) is 15.9 Å². The zero-order valence-electron chi connectivity index (χ0n) is 18.7. The number of halogens is 1. The average molecular weight is 532 g/mol. The van der Waals surface area contributed by atoms with Crippen LogP contribution in [0.3, 0.4) is 0 Å². The molecular formula is C28H22BrNO3S. The van der Waals surface area contributed by atoms with E-state index in [-0.39, 0.29) is 10.7 Å². The molecule has 5 rings (SSSR count). The molecule has 6 heteroatoms. The van der Waals surface area contributed by atoms with E-state index >= 15 is 0 Å². The van der Waals surface area contributed by atoms with Crippen LogP contribution >= 0.6 is 15.9 Å². The first kappa shape index (κ1) is 22.6. The lowest BCUT2D eigenvalue weighted by Gasteiger charge is -2.36. The van der Waals surface area contributed by atoms with Crippen LogP contribution in [0.5, 0.6) is 0 Å². The van der Waals surface area contributed by atoms with Crippen LogP contribution in [0.15, 0.2) is 106 Å². The van der Waals surface area contributed by atoms with Crippen molar-refractivity contribution in [3.05, 3.63) is 123 Å². The molecule has 2 aliphatic rings. The number of carbonyl (C=O) groups excluding carboxylic acids is 1. The second-order valence-electron chi connectivity index (χ2n) is 8.57. The van der Waals surface area contributed by atoms with Gasteiger partial charge in [-0.1, -0.05) is 75.6 Å². The molecule has 3 aromatic rings. The van der Waals surface area contributed by atoms with Crippen LogP contribution in [0.1, 0.15) is 22.3 Å². The van der Waals surface area contributed by atoms with Gasteiger partial charge in [0, 0.05) is 4.47 Å². The van der Waals surface area contributed by atoms with E-state index < -0.39 is 15.4 Å². The fourth-order valence-electron chi connectivity index (χ4n) is 4.55. The second kappa shape index (κ2) is 8.22. The van der Waals surface area contributed by atoms with Crippen LogP contribution in [-0.2, 0) is 20.2 Å². The lowest BCUT2D eigenvalue weighted by molar-refractivity contribution is -0.117. The summed E-state index contributed by atoms with van der Waals surface area (Å²) < 4.78 is 30.5. The Balaban J connectivity index is 1.80. The SMILES string of the molecule is Cc1ccc(N(C2=Cc3ccc(C)cc3[C@]23C=CC=CC3=O)S(=O)(=O)c2ccc(Br)cc2)cc1. The molecule has 0 radical (unpaired) electrons. The molecule has 1 spiro atoms. The molecular weight excluding hydrogens is 510 g/mol. The maximum atomic E-state index is 14.2. The van der Waals surface area contributed by atoms with Gasteiger partial charge in [0.2, 0.25) is 0 Å². The highest BCUT2D eigenvalue weighted by Gasteiger charge is 2.50. The first-order valence-corrected chi connectivity index (χ1v) is 13.1. The molecule has 0 amide bonds. The third kappa shape index (κ3) is 3.49. The highest BCUT2D eigenvalue weighted by molar-refractivity contribution is 9.10. The monoisotopic (exact) mass is 531 g/mol. The lowest BCUT2D eigenvalue weighted by Crippen LogP contribution is -2.44. The highest BCUT2D eigenvalue weighted by Crippen LogP contribution is 2.49. The molecule has 0 N–H and O–H groups in total. The standard InChI is InChI=1S/C28H22BrNO3S/c1-19-7-12-23(13-8-19)30(34(32,33)24-14-10-22(29)11-15-24)26-18-21-9-6-20(2)17-25(21)28(26)16-4-3-5-27(28)31/h3-18H,1-2H3/t28-/m1/s1. The maximum absolute atomic E-state index is 14.2. The molecule has 0 heterocycles. The number of ketones is 1. The largest absolute Gasteiger partial charge is 0.293 e. The number of hydrogen-bond donors (Lipinski definition) is 0. The summed E-state index contributed by atoms with van der Waals surface area (Å²) >= 11 is 3.38. The Hall–Kier alpha value is -3.22. The molecule has 0 aliphatic heterocycles. The van der Waals surface area contributed by atoms with Gasteiger partial charge in [-0.05, 0) is 73.5 Å². The summed E-state index contributed by atoms with van der Waals surface area (Å²) in [5, 5.41) is 0. The van der Waals surface area contributed by atoms with Gasteiger partial charge in [0.1, 0.15) is 5.41 Å². The van der Waals surface area contributed by atoms with Crippen LogP contribution in [0, 0.1) is 13.8 Å². The van der Waals surface area contributed by atoms with Crippen molar-refractivity contribution in [2.75, 3.05) is 4.31 Å². The third-order valence-electron chi connectivity index (χ3n) is 6.26. The molecule has 0 fully saturated rings. The number of aryl methyl sites for hydroxylation is 2. The minimum Gasteiger partial charge on any atom is -0.293 e. The van der Waals surface area contributed by atoms with E-state index in [0.29, 0.717) is 11.4 Å². The second-order valence-corrected chi connectivity index (χ2v) is 11.3. The summed E-state index contributed by atoms with van der Waals surface area (Å²) in [6.45, 7) is 3.92. The Morgan fingerprint density at radius 1 is 0.853 bits per heavy atom. The average Bonchev–Trinajstić information content (AvgIpc) is 3.11. The quantitative estimate of drug-likeness (QED) is 0.399. The van der Waals surface area contributed by atoms with E-state index in [1.807, 2.05) is 62.4 Å². The minimum absolute atomic E-state index is 0.141. The van der Waals surface area contributed by atoms with Crippen molar-refractivity contribution in [3.8, 4) is 0 Å². The number of anilines is 1. The van der Waals surface area contributed by atoms with Gasteiger partial charge in [0.25, 0.3) is 10.0 Å². The van der Waals surface area contributed by atoms with Crippen LogP contribution < -0.4 is 4.31 Å². The molecule has 3 aromatic carbocycles. The fraction of sp³-hybridized carbons (Fsp3) is 0.107. The van der Waals surface area contributed by atoms with Gasteiger partial charge in [-0.25, -0.2) is 12.7 Å². The van der Waals surface area contributed by atoms with Gasteiger partial charge in [-0.15, -0.1) is 0 Å². The topological polar surface area (TPSA) is 54.5 Å². The Morgan fingerprint density at radius 2 is 1.53 bits per heavy atom. The molecule has 0 aromatic heterocycles. The van der Waals surface area contributed by atoms with E-state index in [4.69, 9.17) is 0 Å². The van der Waals surface area contributed by atoms with Gasteiger partial charge in [0.05, 0.1) is 16.3 Å². The lowest BCUT2D eigenvalue weighted by atomic mass is 9.74. The van der Waals surface area contributed by atoms with Crippen LogP contribution in [0.25, 0.3) is 6.08 Å². The summed E-state index contributed by atoms with van der Waals surface area (Å²) in [5.41, 5.74) is 3.26. The number of nitrogens with zero attached hydrogens (tertiary/aromatic N) is 1. The van der Waals surface area contributed by atoms with Gasteiger partial charge >= 0.3 is 0 Å². The zero-order valence-corrected chi connectivity index (χ0v) is 21.1. The number of fused-ring (bicyclic) bond motifs is 2. The Labute approximate surface area is 208 Å². The van der Waals surface area contributed by atoms with E-state index in [9.17, 15) is 13.2 Å². The summed E-state index contributed by atoms with van der Waals surface area (Å²) in [7, 11) is -4.06. The molecule has 4 nitrogen and oxygen atoms in total. The Kier molecular flexibility index (Phi) is 5.46. The predicted octanol–water partition coefficient (Wildman–Crippen LogP) is 6.25. The minimum atomic E-state index is -4.06. The normalized spacial score (nSPS) is 18.8. The first-order chi connectivity index (χ1) is 16.2. The van der Waals surface area contributed by atoms with Crippen molar-refractivity contribution in [2.45, 2.75) is 24.2 Å². The highest BCUT2D eigenvalue weighted by atomic mass is 79.9. The molecule has 0 saturated carbocycles. The number of rotatable bonds is 4. The smallest absolute Gasteiger partial charge is 0.268 e. The summed E-state index contributed by atoms with van der Waals surface area (Å²) in [5.74, 6) is -0.172. The van der Waals surface area contributed by atoms with Crippen molar-refractivity contribution in [1.29, 1.82) is 0 Å². The van der Waals surface area contributed by atoms with E-state index in [0.717, 1.165) is 26.7 Å². The van der Waals surface area contributed by atoms with Crippen molar-refractivity contribution in [1.82, 2.24) is 0 Å². The molecule has 170 valence electrons. The Bertz CT molecular complexity index is 1500. The predicted molar refractivity (Wildman–Crippen MR) is 139 cm³/mol. The Morgan fingerprint density at radius 3 is 2.21 bits per heavy atom. The van der Waals surface area contributed by atoms with E-state index in [1.165, 1.54) is 10.4 Å². The van der Waals surface area contributed by atoms with Crippen LogP contribution in [0.4, 0.5) is 5.69 Å². The van der Waals surface area contributed by atoms with Gasteiger partial charge < -0.3 is 0 Å². The van der Waals surface area contributed by atoms with E-state index in [1.54, 1.807) is 42.5 Å². The molecule has 0 bridgehead atoms. The van der Waals surface area contributed by atoms with Gasteiger partial charge in [-0.3, -0.25) is 4.79 Å². The molecule has 2 aliphatic carbocycles. The zero-order chi connectivity index (χ0) is 24.1. The van der Waals surface area contributed by atoms with Crippen LogP contribution in [0.2, 0.25) is 0 Å². The number of sulfonamides is 1. The maximum Gasteiger partial charge on any atom is 0.268 e. The number of allylic oxidation sites excluding steroid dienone is 4. The molecule has 0 unspecified atom stereocenters. The van der Waals surface area contributed by atoms with Gasteiger partial charge in [-0.2, -0.15) is 0 Å². The summed E-state index contributed by atoms with van der Waals surface area (Å²) in [4.78, 5) is 13.7. The molecule has 0 saturated heterocycles. The number of carbonyl (C=O) groups is 1. The first-order valence-electron chi connectivity index (χ1n) is 10.8. The number of hydrogen-bond acceptors (Lipinski definition) is 3. The summed E-state index contributed by atoms with van der Waals surface area (Å²) in [6.07, 6.45) is 8.66. The summed E-state index contributed by atoms with van der Waals surface area (Å²) in [6, 6.07) is 19.7. The number of benzene rings is 3.